The van der Waals surface area contributed by atoms with Crippen molar-refractivity contribution >= 4 is 28.4 Å². The Labute approximate surface area is 93.6 Å². The van der Waals surface area contributed by atoms with Crippen LogP contribution in [0.4, 0.5) is 0 Å². The van der Waals surface area contributed by atoms with E-state index in [4.69, 9.17) is 11.6 Å². The van der Waals surface area contributed by atoms with Crippen LogP contribution in [0.3, 0.4) is 0 Å². The summed E-state index contributed by atoms with van der Waals surface area (Å²) in [4.78, 5) is 4.64. The van der Waals surface area contributed by atoms with Crippen molar-refractivity contribution in [2.75, 3.05) is 6.26 Å². The SMILES string of the molecule is CSC1=NC(c2ccc(Cl)cc2)CC1. The first-order chi connectivity index (χ1) is 6.79. The third-order valence-corrected chi connectivity index (χ3v) is 3.45. The molecule has 1 aromatic carbocycles. The van der Waals surface area contributed by atoms with Gasteiger partial charge in [-0.2, -0.15) is 0 Å². The second-order valence-electron chi connectivity index (χ2n) is 3.33. The predicted molar refractivity (Wildman–Crippen MR) is 64.4 cm³/mol. The van der Waals surface area contributed by atoms with Gasteiger partial charge in [0.1, 0.15) is 0 Å². The molecule has 0 spiro atoms. The Morgan fingerprint density at radius 1 is 1.36 bits per heavy atom. The van der Waals surface area contributed by atoms with Crippen molar-refractivity contribution in [2.24, 2.45) is 4.99 Å². The molecule has 2 rings (SSSR count). The van der Waals surface area contributed by atoms with Crippen molar-refractivity contribution in [3.05, 3.63) is 34.9 Å². The number of benzene rings is 1. The highest BCUT2D eigenvalue weighted by molar-refractivity contribution is 8.13. The van der Waals surface area contributed by atoms with Crippen LogP contribution in [0.1, 0.15) is 24.4 Å². The third kappa shape index (κ3) is 2.12. The average molecular weight is 226 g/mol. The largest absolute Gasteiger partial charge is 0.275 e. The van der Waals surface area contributed by atoms with E-state index in [0.29, 0.717) is 6.04 Å². The van der Waals surface area contributed by atoms with Gasteiger partial charge in [-0.25, -0.2) is 0 Å². The van der Waals surface area contributed by atoms with Gasteiger partial charge in [-0.3, -0.25) is 4.99 Å². The van der Waals surface area contributed by atoms with Crippen LogP contribution in [0.25, 0.3) is 0 Å². The molecule has 74 valence electrons. The van der Waals surface area contributed by atoms with Crippen molar-refractivity contribution in [3.63, 3.8) is 0 Å². The average Bonchev–Trinajstić information content (AvgIpc) is 2.67. The van der Waals surface area contributed by atoms with Crippen LogP contribution < -0.4 is 0 Å². The van der Waals surface area contributed by atoms with Crippen LogP contribution >= 0.6 is 23.4 Å². The fraction of sp³-hybridized carbons (Fsp3) is 0.364. The molecule has 0 radical (unpaired) electrons. The number of aliphatic imine (C=N–C) groups is 1. The minimum absolute atomic E-state index is 0.356. The summed E-state index contributed by atoms with van der Waals surface area (Å²) in [5.74, 6) is 0. The standard InChI is InChI=1S/C11H12ClNS/c1-14-11-7-6-10(13-11)8-2-4-9(12)5-3-8/h2-5,10H,6-7H2,1H3. The Bertz CT molecular complexity index is 345. The second-order valence-corrected chi connectivity index (χ2v) is 4.65. The lowest BCUT2D eigenvalue weighted by atomic mass is 10.1. The van der Waals surface area contributed by atoms with E-state index < -0.39 is 0 Å². The first-order valence-corrected chi connectivity index (χ1v) is 6.26. The van der Waals surface area contributed by atoms with Crippen LogP contribution in [0.5, 0.6) is 0 Å². The van der Waals surface area contributed by atoms with E-state index in [9.17, 15) is 0 Å². The topological polar surface area (TPSA) is 12.4 Å². The van der Waals surface area contributed by atoms with Crippen molar-refractivity contribution in [3.8, 4) is 0 Å². The summed E-state index contributed by atoms with van der Waals surface area (Å²) >= 11 is 7.59. The molecule has 1 heterocycles. The smallest absolute Gasteiger partial charge is 0.0762 e. The van der Waals surface area contributed by atoms with E-state index >= 15 is 0 Å². The number of hydrogen-bond donors (Lipinski definition) is 0. The first-order valence-electron chi connectivity index (χ1n) is 4.66. The number of hydrogen-bond acceptors (Lipinski definition) is 2. The molecule has 1 atom stereocenters. The van der Waals surface area contributed by atoms with E-state index in [-0.39, 0.29) is 0 Å². The lowest BCUT2D eigenvalue weighted by Gasteiger charge is -2.05. The minimum Gasteiger partial charge on any atom is -0.275 e. The van der Waals surface area contributed by atoms with E-state index in [0.717, 1.165) is 17.9 Å². The highest BCUT2D eigenvalue weighted by atomic mass is 35.5. The summed E-state index contributed by atoms with van der Waals surface area (Å²) in [6.07, 6.45) is 4.34. The van der Waals surface area contributed by atoms with Gasteiger partial charge in [0.25, 0.3) is 0 Å². The predicted octanol–water partition coefficient (Wildman–Crippen LogP) is 3.94. The molecule has 0 amide bonds. The summed E-state index contributed by atoms with van der Waals surface area (Å²) in [5, 5.41) is 2.06. The molecule has 0 N–H and O–H groups in total. The Kier molecular flexibility index (Phi) is 3.14. The van der Waals surface area contributed by atoms with Gasteiger partial charge in [0.15, 0.2) is 0 Å². The molecule has 1 aliphatic rings. The van der Waals surface area contributed by atoms with Gasteiger partial charge in [0.2, 0.25) is 0 Å². The molecule has 0 fully saturated rings. The lowest BCUT2D eigenvalue weighted by molar-refractivity contribution is 0.723. The maximum atomic E-state index is 5.83. The highest BCUT2D eigenvalue weighted by Crippen LogP contribution is 2.31. The molecular formula is C11H12ClNS. The summed E-state index contributed by atoms with van der Waals surface area (Å²) in [6, 6.07) is 8.36. The number of nitrogens with zero attached hydrogens (tertiary/aromatic N) is 1. The normalized spacial score (nSPS) is 21.0. The van der Waals surface area contributed by atoms with Gasteiger partial charge in [0.05, 0.1) is 11.1 Å². The fourth-order valence-corrected chi connectivity index (χ4v) is 2.32. The summed E-state index contributed by atoms with van der Waals surface area (Å²) in [6.45, 7) is 0. The van der Waals surface area contributed by atoms with Crippen molar-refractivity contribution in [2.45, 2.75) is 18.9 Å². The Morgan fingerprint density at radius 2 is 2.07 bits per heavy atom. The molecule has 1 unspecified atom stereocenters. The van der Waals surface area contributed by atoms with Crippen LogP contribution in [0.2, 0.25) is 5.02 Å². The van der Waals surface area contributed by atoms with E-state index in [2.05, 4.69) is 23.4 Å². The third-order valence-electron chi connectivity index (χ3n) is 2.42. The van der Waals surface area contributed by atoms with Gasteiger partial charge in [-0.1, -0.05) is 23.7 Å². The van der Waals surface area contributed by atoms with Crippen LogP contribution in [-0.4, -0.2) is 11.3 Å². The van der Waals surface area contributed by atoms with Crippen LogP contribution in [0, 0.1) is 0 Å². The Hall–Kier alpha value is -0.470. The molecule has 1 aliphatic heterocycles. The zero-order chi connectivity index (χ0) is 9.97. The maximum absolute atomic E-state index is 5.83. The first kappa shape index (κ1) is 10.1. The van der Waals surface area contributed by atoms with Crippen molar-refractivity contribution in [1.29, 1.82) is 0 Å². The molecule has 3 heteroatoms. The minimum atomic E-state index is 0.356. The Balaban J connectivity index is 2.17. The summed E-state index contributed by atoms with van der Waals surface area (Å²) in [7, 11) is 0. The number of halogens is 1. The summed E-state index contributed by atoms with van der Waals surface area (Å²) < 4.78 is 0. The van der Waals surface area contributed by atoms with Gasteiger partial charge in [0, 0.05) is 5.02 Å². The van der Waals surface area contributed by atoms with Crippen molar-refractivity contribution in [1.82, 2.24) is 0 Å². The molecule has 14 heavy (non-hydrogen) atoms. The van der Waals surface area contributed by atoms with E-state index in [1.165, 1.54) is 10.6 Å². The quantitative estimate of drug-likeness (QED) is 0.705. The zero-order valence-electron chi connectivity index (χ0n) is 8.03. The van der Waals surface area contributed by atoms with Crippen LogP contribution in [0.15, 0.2) is 29.3 Å². The molecule has 0 saturated heterocycles. The zero-order valence-corrected chi connectivity index (χ0v) is 9.61. The number of rotatable bonds is 1. The second kappa shape index (κ2) is 4.37. The van der Waals surface area contributed by atoms with Gasteiger partial charge in [-0.05, 0) is 36.8 Å². The highest BCUT2D eigenvalue weighted by Gasteiger charge is 2.18. The molecule has 1 nitrogen and oxygen atoms in total. The molecular weight excluding hydrogens is 214 g/mol. The maximum Gasteiger partial charge on any atom is 0.0762 e. The monoisotopic (exact) mass is 225 g/mol. The van der Waals surface area contributed by atoms with E-state index in [1.54, 1.807) is 11.8 Å². The molecule has 1 aromatic rings. The van der Waals surface area contributed by atoms with E-state index in [1.807, 2.05) is 12.1 Å². The lowest BCUT2D eigenvalue weighted by Crippen LogP contribution is -1.89. The van der Waals surface area contributed by atoms with Crippen LogP contribution in [-0.2, 0) is 0 Å². The summed E-state index contributed by atoms with van der Waals surface area (Å²) in [5.41, 5.74) is 1.28. The molecule has 0 bridgehead atoms. The fourth-order valence-electron chi connectivity index (χ4n) is 1.64. The van der Waals surface area contributed by atoms with Gasteiger partial charge >= 0.3 is 0 Å². The van der Waals surface area contributed by atoms with Gasteiger partial charge < -0.3 is 0 Å². The molecule has 0 aromatic heterocycles. The number of thioether (sulfide) groups is 1. The van der Waals surface area contributed by atoms with Crippen molar-refractivity contribution < 1.29 is 0 Å². The van der Waals surface area contributed by atoms with Gasteiger partial charge in [-0.15, -0.1) is 11.8 Å². The molecule has 0 aliphatic carbocycles. The Morgan fingerprint density at radius 3 is 2.64 bits per heavy atom. The molecule has 0 saturated carbocycles.